The fourth-order valence-electron chi connectivity index (χ4n) is 3.69. The second-order valence-electron chi connectivity index (χ2n) is 6.95. The van der Waals surface area contributed by atoms with E-state index in [4.69, 9.17) is 9.97 Å². The lowest BCUT2D eigenvalue weighted by atomic mass is 9.97. The van der Waals surface area contributed by atoms with Crippen LogP contribution in [-0.2, 0) is 19.3 Å². The van der Waals surface area contributed by atoms with Crippen molar-refractivity contribution in [3.8, 4) is 11.5 Å². The maximum Gasteiger partial charge on any atom is 0.183 e. The van der Waals surface area contributed by atoms with Gasteiger partial charge >= 0.3 is 0 Å². The van der Waals surface area contributed by atoms with Crippen molar-refractivity contribution in [3.63, 3.8) is 0 Å². The van der Waals surface area contributed by atoms with E-state index in [9.17, 15) is 0 Å². The molecule has 1 aliphatic carbocycles. The van der Waals surface area contributed by atoms with E-state index in [1.165, 1.54) is 28.7 Å². The molecule has 0 saturated heterocycles. The van der Waals surface area contributed by atoms with Gasteiger partial charge < -0.3 is 4.90 Å². The van der Waals surface area contributed by atoms with Gasteiger partial charge in [-0.15, -0.1) is 22.7 Å². The number of aryl methyl sites for hydroxylation is 2. The lowest BCUT2D eigenvalue weighted by molar-refractivity contribution is 0.700. The SMILES string of the molecule is CN(CCc1nccs1)c1nc(-c2cnccn2)nc2sc3c(c12)CCCC3. The number of hydrogen-bond donors (Lipinski definition) is 0. The summed E-state index contributed by atoms with van der Waals surface area (Å²) in [5.74, 6) is 1.65. The molecule has 0 atom stereocenters. The van der Waals surface area contributed by atoms with E-state index in [1.54, 1.807) is 29.9 Å². The average molecular weight is 409 g/mol. The van der Waals surface area contributed by atoms with Gasteiger partial charge in [0.25, 0.3) is 0 Å². The lowest BCUT2D eigenvalue weighted by Gasteiger charge is -2.20. The molecule has 6 nitrogen and oxygen atoms in total. The van der Waals surface area contributed by atoms with Gasteiger partial charge in [0, 0.05) is 48.9 Å². The molecule has 8 heteroatoms. The standard InChI is InChI=1S/C20H20N6S2/c1-26(10-6-16-23-9-11-27-16)19-17-13-4-2-3-5-15(13)28-20(17)25-18(24-19)14-12-21-7-8-22-14/h7-9,11-12H,2-6,10H2,1H3. The summed E-state index contributed by atoms with van der Waals surface area (Å²) in [6.45, 7) is 0.865. The summed E-state index contributed by atoms with van der Waals surface area (Å²) < 4.78 is 0. The van der Waals surface area contributed by atoms with Gasteiger partial charge in [0.2, 0.25) is 0 Å². The zero-order chi connectivity index (χ0) is 18.9. The second kappa shape index (κ2) is 7.52. The topological polar surface area (TPSA) is 67.7 Å². The van der Waals surface area contributed by atoms with Crippen LogP contribution in [0, 0.1) is 0 Å². The molecule has 5 rings (SSSR count). The molecule has 28 heavy (non-hydrogen) atoms. The molecule has 4 aromatic heterocycles. The molecule has 0 aromatic carbocycles. The van der Waals surface area contributed by atoms with E-state index in [0.717, 1.165) is 41.5 Å². The quantitative estimate of drug-likeness (QED) is 0.494. The van der Waals surface area contributed by atoms with Crippen molar-refractivity contribution in [1.82, 2.24) is 24.9 Å². The van der Waals surface area contributed by atoms with Crippen molar-refractivity contribution in [3.05, 3.63) is 45.6 Å². The third kappa shape index (κ3) is 3.27. The van der Waals surface area contributed by atoms with E-state index in [1.807, 2.05) is 22.9 Å². The summed E-state index contributed by atoms with van der Waals surface area (Å²) in [6.07, 6.45) is 12.6. The summed E-state index contributed by atoms with van der Waals surface area (Å²) in [5.41, 5.74) is 2.17. The first-order valence-corrected chi connectivity index (χ1v) is 11.2. The highest BCUT2D eigenvalue weighted by Crippen LogP contribution is 2.40. The van der Waals surface area contributed by atoms with Crippen LogP contribution in [0.15, 0.2) is 30.2 Å². The van der Waals surface area contributed by atoms with Gasteiger partial charge in [-0.05, 0) is 31.2 Å². The molecule has 0 N–H and O–H groups in total. The summed E-state index contributed by atoms with van der Waals surface area (Å²) in [5, 5.41) is 4.41. The van der Waals surface area contributed by atoms with Crippen molar-refractivity contribution in [1.29, 1.82) is 0 Å². The molecule has 1 aliphatic rings. The van der Waals surface area contributed by atoms with Crippen LogP contribution in [0.1, 0.15) is 28.3 Å². The zero-order valence-electron chi connectivity index (χ0n) is 15.6. The minimum absolute atomic E-state index is 0.648. The Kier molecular flexibility index (Phi) is 4.74. The Labute approximate surface area is 171 Å². The summed E-state index contributed by atoms with van der Waals surface area (Å²) in [7, 11) is 2.11. The minimum atomic E-state index is 0.648. The Morgan fingerprint density at radius 2 is 2.00 bits per heavy atom. The molecule has 0 saturated carbocycles. The number of thiophene rings is 1. The summed E-state index contributed by atoms with van der Waals surface area (Å²) in [4.78, 5) is 27.6. The van der Waals surface area contributed by atoms with Crippen molar-refractivity contribution in [2.45, 2.75) is 32.1 Å². The van der Waals surface area contributed by atoms with Crippen LogP contribution in [0.2, 0.25) is 0 Å². The molecule has 0 bridgehead atoms. The van der Waals surface area contributed by atoms with Crippen LogP contribution in [0.5, 0.6) is 0 Å². The van der Waals surface area contributed by atoms with Crippen LogP contribution in [0.3, 0.4) is 0 Å². The molecular formula is C20H20N6S2. The largest absolute Gasteiger partial charge is 0.359 e. The van der Waals surface area contributed by atoms with E-state index in [2.05, 4.69) is 26.9 Å². The number of nitrogens with zero attached hydrogens (tertiary/aromatic N) is 6. The summed E-state index contributed by atoms with van der Waals surface area (Å²) >= 11 is 3.52. The Bertz CT molecular complexity index is 1090. The zero-order valence-corrected chi connectivity index (χ0v) is 17.3. The number of likely N-dealkylation sites (N-methyl/N-ethyl adjacent to an activating group) is 1. The fourth-order valence-corrected chi connectivity index (χ4v) is 5.55. The molecule has 0 spiro atoms. The predicted octanol–water partition coefficient (Wildman–Crippen LogP) is 4.16. The number of fused-ring (bicyclic) bond motifs is 3. The first-order valence-electron chi connectivity index (χ1n) is 9.48. The Morgan fingerprint density at radius 1 is 1.07 bits per heavy atom. The molecule has 0 amide bonds. The number of hydrogen-bond acceptors (Lipinski definition) is 8. The van der Waals surface area contributed by atoms with E-state index in [0.29, 0.717) is 11.5 Å². The molecule has 0 aliphatic heterocycles. The van der Waals surface area contributed by atoms with Crippen LogP contribution >= 0.6 is 22.7 Å². The highest BCUT2D eigenvalue weighted by atomic mass is 32.1. The van der Waals surface area contributed by atoms with Gasteiger partial charge in [0.1, 0.15) is 16.3 Å². The molecular weight excluding hydrogens is 388 g/mol. The minimum Gasteiger partial charge on any atom is -0.359 e. The molecule has 142 valence electrons. The van der Waals surface area contributed by atoms with Crippen molar-refractivity contribution in [2.24, 2.45) is 0 Å². The average Bonchev–Trinajstić information content (AvgIpc) is 3.39. The van der Waals surface area contributed by atoms with Crippen molar-refractivity contribution < 1.29 is 0 Å². The van der Waals surface area contributed by atoms with Crippen LogP contribution in [0.4, 0.5) is 5.82 Å². The van der Waals surface area contributed by atoms with E-state index < -0.39 is 0 Å². The highest BCUT2D eigenvalue weighted by Gasteiger charge is 2.23. The third-order valence-corrected chi connectivity index (χ3v) is 7.12. The normalized spacial score (nSPS) is 13.6. The van der Waals surface area contributed by atoms with Gasteiger partial charge in [-0.3, -0.25) is 4.98 Å². The van der Waals surface area contributed by atoms with Crippen molar-refractivity contribution >= 4 is 38.7 Å². The van der Waals surface area contributed by atoms with E-state index >= 15 is 0 Å². The first-order chi connectivity index (χ1) is 13.8. The predicted molar refractivity (Wildman–Crippen MR) is 114 cm³/mol. The molecule has 4 heterocycles. The summed E-state index contributed by atoms with van der Waals surface area (Å²) in [6, 6.07) is 0. The number of rotatable bonds is 5. The number of aromatic nitrogens is 5. The monoisotopic (exact) mass is 408 g/mol. The van der Waals surface area contributed by atoms with Gasteiger partial charge in [-0.1, -0.05) is 0 Å². The Balaban J connectivity index is 1.60. The molecule has 4 aromatic rings. The smallest absolute Gasteiger partial charge is 0.183 e. The third-order valence-electron chi connectivity index (χ3n) is 5.09. The molecule has 0 radical (unpaired) electrons. The maximum atomic E-state index is 4.95. The van der Waals surface area contributed by atoms with Gasteiger partial charge in [-0.25, -0.2) is 19.9 Å². The van der Waals surface area contributed by atoms with Crippen LogP contribution < -0.4 is 4.90 Å². The van der Waals surface area contributed by atoms with Crippen LogP contribution in [-0.4, -0.2) is 38.5 Å². The fraction of sp³-hybridized carbons (Fsp3) is 0.350. The second-order valence-corrected chi connectivity index (χ2v) is 9.01. The maximum absolute atomic E-state index is 4.95. The lowest BCUT2D eigenvalue weighted by Crippen LogP contribution is -2.22. The highest BCUT2D eigenvalue weighted by molar-refractivity contribution is 7.19. The van der Waals surface area contributed by atoms with Gasteiger partial charge in [0.05, 0.1) is 16.6 Å². The van der Waals surface area contributed by atoms with E-state index in [-0.39, 0.29) is 0 Å². The van der Waals surface area contributed by atoms with Crippen molar-refractivity contribution in [2.75, 3.05) is 18.5 Å². The van der Waals surface area contributed by atoms with Gasteiger partial charge in [-0.2, -0.15) is 0 Å². The Hall–Kier alpha value is -2.45. The van der Waals surface area contributed by atoms with Crippen LogP contribution in [0.25, 0.3) is 21.7 Å². The Morgan fingerprint density at radius 3 is 2.82 bits per heavy atom. The van der Waals surface area contributed by atoms with Gasteiger partial charge in [0.15, 0.2) is 5.82 Å². The first kappa shape index (κ1) is 17.6. The molecule has 0 fully saturated rings. The number of thiazole rings is 1. The number of anilines is 1. The molecule has 0 unspecified atom stereocenters.